The van der Waals surface area contributed by atoms with E-state index in [9.17, 15) is 13.2 Å². The number of nitrogens with zero attached hydrogens (tertiary/aromatic N) is 2. The SMILES string of the molecule is O=c1ccc(-c2ccc(Cl)c(S(=O)(=O)N3CCc4ccccc4C3)c2)n[nH]1. The molecule has 1 N–H and O–H groups in total. The van der Waals surface area contributed by atoms with Crippen molar-refractivity contribution in [3.63, 3.8) is 0 Å². The Bertz CT molecular complexity index is 1150. The first-order valence-corrected chi connectivity index (χ1v) is 10.2. The Morgan fingerprint density at radius 1 is 1.04 bits per heavy atom. The van der Waals surface area contributed by atoms with Crippen molar-refractivity contribution in [3.8, 4) is 11.3 Å². The predicted octanol–water partition coefficient (Wildman–Crippen LogP) is 2.84. The molecule has 27 heavy (non-hydrogen) atoms. The van der Waals surface area contributed by atoms with Crippen LogP contribution in [-0.4, -0.2) is 29.5 Å². The maximum Gasteiger partial charge on any atom is 0.264 e. The third kappa shape index (κ3) is 3.41. The second kappa shape index (κ2) is 6.92. The molecule has 2 heterocycles. The van der Waals surface area contributed by atoms with Crippen LogP contribution in [0.15, 0.2) is 64.3 Å². The summed E-state index contributed by atoms with van der Waals surface area (Å²) in [4.78, 5) is 11.2. The van der Waals surface area contributed by atoms with Gasteiger partial charge in [0.2, 0.25) is 10.0 Å². The van der Waals surface area contributed by atoms with Crippen molar-refractivity contribution in [2.45, 2.75) is 17.9 Å². The van der Waals surface area contributed by atoms with E-state index in [1.165, 1.54) is 34.1 Å². The third-order valence-corrected chi connectivity index (χ3v) is 6.95. The summed E-state index contributed by atoms with van der Waals surface area (Å²) in [6.45, 7) is 0.715. The zero-order chi connectivity index (χ0) is 19.0. The highest BCUT2D eigenvalue weighted by Crippen LogP contribution is 2.31. The summed E-state index contributed by atoms with van der Waals surface area (Å²) in [5, 5.41) is 6.46. The fraction of sp³-hybridized carbons (Fsp3) is 0.158. The van der Waals surface area contributed by atoms with Gasteiger partial charge in [-0.1, -0.05) is 41.9 Å². The molecular weight excluding hydrogens is 386 g/mol. The Morgan fingerprint density at radius 3 is 2.56 bits per heavy atom. The highest BCUT2D eigenvalue weighted by molar-refractivity contribution is 7.89. The van der Waals surface area contributed by atoms with E-state index in [-0.39, 0.29) is 15.5 Å². The van der Waals surface area contributed by atoms with E-state index in [0.29, 0.717) is 30.8 Å². The van der Waals surface area contributed by atoms with E-state index in [1.54, 1.807) is 6.07 Å². The van der Waals surface area contributed by atoms with Crippen molar-refractivity contribution in [1.29, 1.82) is 0 Å². The van der Waals surface area contributed by atoms with E-state index < -0.39 is 10.0 Å². The number of nitrogens with one attached hydrogen (secondary N) is 1. The second-order valence-electron chi connectivity index (χ2n) is 6.31. The van der Waals surface area contributed by atoms with Gasteiger partial charge in [-0.25, -0.2) is 13.5 Å². The molecule has 138 valence electrons. The van der Waals surface area contributed by atoms with E-state index in [1.807, 2.05) is 24.3 Å². The van der Waals surface area contributed by atoms with Gasteiger partial charge in [-0.15, -0.1) is 0 Å². The summed E-state index contributed by atoms with van der Waals surface area (Å²) in [6.07, 6.45) is 0.661. The monoisotopic (exact) mass is 401 g/mol. The van der Waals surface area contributed by atoms with E-state index in [2.05, 4.69) is 10.2 Å². The van der Waals surface area contributed by atoms with Crippen LogP contribution in [-0.2, 0) is 23.0 Å². The molecule has 1 aliphatic heterocycles. The van der Waals surface area contributed by atoms with Crippen LogP contribution in [0.3, 0.4) is 0 Å². The number of benzene rings is 2. The minimum atomic E-state index is -3.77. The Balaban J connectivity index is 1.73. The number of sulfonamides is 1. The van der Waals surface area contributed by atoms with E-state index in [0.717, 1.165) is 5.56 Å². The molecule has 0 fully saturated rings. The van der Waals surface area contributed by atoms with Crippen LogP contribution in [0.2, 0.25) is 5.02 Å². The molecular formula is C19H16ClN3O3S. The average Bonchev–Trinajstić information content (AvgIpc) is 2.68. The first-order chi connectivity index (χ1) is 12.9. The number of aromatic amines is 1. The van der Waals surface area contributed by atoms with Crippen molar-refractivity contribution in [3.05, 3.63) is 81.1 Å². The highest BCUT2D eigenvalue weighted by atomic mass is 35.5. The second-order valence-corrected chi connectivity index (χ2v) is 8.62. The van der Waals surface area contributed by atoms with Crippen LogP contribution in [0.4, 0.5) is 0 Å². The molecule has 1 aromatic heterocycles. The number of aromatic nitrogens is 2. The van der Waals surface area contributed by atoms with Crippen LogP contribution in [0, 0.1) is 0 Å². The summed E-state index contributed by atoms with van der Waals surface area (Å²) in [6, 6.07) is 15.4. The predicted molar refractivity (Wildman–Crippen MR) is 103 cm³/mol. The molecule has 0 unspecified atom stereocenters. The van der Waals surface area contributed by atoms with Gasteiger partial charge in [-0.3, -0.25) is 4.79 Å². The number of H-pyrrole nitrogens is 1. The van der Waals surface area contributed by atoms with Crippen molar-refractivity contribution in [1.82, 2.24) is 14.5 Å². The Morgan fingerprint density at radius 2 is 1.81 bits per heavy atom. The molecule has 4 rings (SSSR count). The molecule has 0 bridgehead atoms. The first-order valence-electron chi connectivity index (χ1n) is 8.38. The van der Waals surface area contributed by atoms with Crippen LogP contribution in [0.5, 0.6) is 0 Å². The molecule has 8 heteroatoms. The summed E-state index contributed by atoms with van der Waals surface area (Å²) in [5.74, 6) is 0. The van der Waals surface area contributed by atoms with Crippen LogP contribution in [0.25, 0.3) is 11.3 Å². The van der Waals surface area contributed by atoms with Crippen LogP contribution < -0.4 is 5.56 Å². The molecule has 0 spiro atoms. The van der Waals surface area contributed by atoms with Gasteiger partial charge in [0.05, 0.1) is 10.7 Å². The van der Waals surface area contributed by atoms with E-state index in [4.69, 9.17) is 11.6 Å². The van der Waals surface area contributed by atoms with Gasteiger partial charge in [-0.05, 0) is 35.7 Å². The Kier molecular flexibility index (Phi) is 4.59. The molecule has 6 nitrogen and oxygen atoms in total. The van der Waals surface area contributed by atoms with Crippen molar-refractivity contribution >= 4 is 21.6 Å². The van der Waals surface area contributed by atoms with Crippen molar-refractivity contribution in [2.24, 2.45) is 0 Å². The van der Waals surface area contributed by atoms with Gasteiger partial charge in [0.1, 0.15) is 4.90 Å². The standard InChI is InChI=1S/C19H16ClN3O3S/c20-16-6-5-14(17-7-8-19(24)22-21-17)11-18(16)27(25,26)23-10-9-13-3-1-2-4-15(13)12-23/h1-8,11H,9-10,12H2,(H,22,24). The molecule has 3 aromatic rings. The molecule has 0 radical (unpaired) electrons. The van der Waals surface area contributed by atoms with Gasteiger partial charge in [0.15, 0.2) is 0 Å². The maximum absolute atomic E-state index is 13.2. The lowest BCUT2D eigenvalue weighted by atomic mass is 10.0. The average molecular weight is 402 g/mol. The number of halogens is 1. The Hall–Kier alpha value is -2.48. The molecule has 0 saturated carbocycles. The van der Waals surface area contributed by atoms with E-state index >= 15 is 0 Å². The van der Waals surface area contributed by atoms with Gasteiger partial charge >= 0.3 is 0 Å². The van der Waals surface area contributed by atoms with Gasteiger partial charge in [-0.2, -0.15) is 9.40 Å². The van der Waals surface area contributed by atoms with Crippen molar-refractivity contribution in [2.75, 3.05) is 6.54 Å². The third-order valence-electron chi connectivity index (χ3n) is 4.62. The number of hydrogen-bond donors (Lipinski definition) is 1. The molecule has 0 amide bonds. The molecule has 0 aliphatic carbocycles. The quantitative estimate of drug-likeness (QED) is 0.731. The minimum Gasteiger partial charge on any atom is -0.268 e. The maximum atomic E-state index is 13.2. The smallest absolute Gasteiger partial charge is 0.264 e. The van der Waals surface area contributed by atoms with Crippen LogP contribution in [0.1, 0.15) is 11.1 Å². The summed E-state index contributed by atoms with van der Waals surface area (Å²) < 4.78 is 27.9. The van der Waals surface area contributed by atoms with Gasteiger partial charge < -0.3 is 0 Å². The van der Waals surface area contributed by atoms with Gasteiger partial charge in [0.25, 0.3) is 5.56 Å². The first kappa shape index (κ1) is 17.9. The highest BCUT2D eigenvalue weighted by Gasteiger charge is 2.30. The normalized spacial score (nSPS) is 14.7. The topological polar surface area (TPSA) is 83.1 Å². The largest absolute Gasteiger partial charge is 0.268 e. The zero-order valence-corrected chi connectivity index (χ0v) is 15.8. The lowest BCUT2D eigenvalue weighted by molar-refractivity contribution is 0.391. The summed E-state index contributed by atoms with van der Waals surface area (Å²) in [7, 11) is -3.77. The molecule has 0 atom stereocenters. The fourth-order valence-electron chi connectivity index (χ4n) is 3.18. The zero-order valence-electron chi connectivity index (χ0n) is 14.2. The van der Waals surface area contributed by atoms with Gasteiger partial charge in [0, 0.05) is 24.7 Å². The Labute approximate surface area is 161 Å². The summed E-state index contributed by atoms with van der Waals surface area (Å²) >= 11 is 6.23. The number of rotatable bonds is 3. The molecule has 2 aromatic carbocycles. The van der Waals surface area contributed by atoms with Crippen LogP contribution >= 0.6 is 11.6 Å². The molecule has 0 saturated heterocycles. The van der Waals surface area contributed by atoms with Crippen molar-refractivity contribution < 1.29 is 8.42 Å². The number of fused-ring (bicyclic) bond motifs is 1. The lowest BCUT2D eigenvalue weighted by Crippen LogP contribution is -2.36. The lowest BCUT2D eigenvalue weighted by Gasteiger charge is -2.28. The summed E-state index contributed by atoms with van der Waals surface area (Å²) in [5.41, 5.74) is 2.87. The fourth-order valence-corrected chi connectivity index (χ4v) is 5.10. The minimum absolute atomic E-state index is 0.0362. The molecule has 1 aliphatic rings. The number of hydrogen-bond acceptors (Lipinski definition) is 4.